The van der Waals surface area contributed by atoms with Crippen molar-refractivity contribution >= 4 is 22.6 Å². The smallest absolute Gasteiger partial charge is 0.333 e. The molecule has 0 aliphatic heterocycles. The third kappa shape index (κ3) is 3.13. The summed E-state index contributed by atoms with van der Waals surface area (Å²) in [4.78, 5) is 12.6. The summed E-state index contributed by atoms with van der Waals surface area (Å²) < 4.78 is 7.34. The number of aryl methyl sites for hydroxylation is 2. The lowest BCUT2D eigenvalue weighted by atomic mass is 10.1. The van der Waals surface area contributed by atoms with Gasteiger partial charge < -0.3 is 14.6 Å². The SMILES string of the molecule is CCOC(=O)C(Nc1ccc(C)cc1)c1cn(C)c2ccccc12. The number of nitrogens with zero attached hydrogens (tertiary/aromatic N) is 1. The maximum Gasteiger partial charge on any atom is 0.333 e. The van der Waals surface area contributed by atoms with E-state index < -0.39 is 6.04 Å². The molecule has 3 aromatic rings. The molecule has 3 rings (SSSR count). The standard InChI is InChI=1S/C20H22N2O2/c1-4-24-20(23)19(21-15-11-9-14(2)10-12-15)17-13-22(3)18-8-6-5-7-16(17)18/h5-13,19,21H,4H2,1-3H3. The zero-order chi connectivity index (χ0) is 17.1. The lowest BCUT2D eigenvalue weighted by Crippen LogP contribution is -2.23. The number of nitrogens with one attached hydrogen (secondary N) is 1. The van der Waals surface area contributed by atoms with Gasteiger partial charge in [-0.15, -0.1) is 0 Å². The van der Waals surface area contributed by atoms with Crippen LogP contribution in [0.15, 0.2) is 54.7 Å². The van der Waals surface area contributed by atoms with Gasteiger partial charge in [0.2, 0.25) is 0 Å². The number of esters is 1. The minimum Gasteiger partial charge on any atom is -0.464 e. The maximum absolute atomic E-state index is 12.6. The van der Waals surface area contributed by atoms with Crippen LogP contribution < -0.4 is 5.32 Å². The number of benzene rings is 2. The van der Waals surface area contributed by atoms with Crippen LogP contribution in [0, 0.1) is 6.92 Å². The molecule has 0 spiro atoms. The van der Waals surface area contributed by atoms with Crippen LogP contribution in [0.25, 0.3) is 10.9 Å². The van der Waals surface area contributed by atoms with Crippen LogP contribution in [0.3, 0.4) is 0 Å². The Bertz CT molecular complexity index is 850. The molecular formula is C20H22N2O2. The molecule has 0 radical (unpaired) electrons. The zero-order valence-corrected chi connectivity index (χ0v) is 14.2. The number of fused-ring (bicyclic) bond motifs is 1. The van der Waals surface area contributed by atoms with Gasteiger partial charge in [0, 0.05) is 35.4 Å². The van der Waals surface area contributed by atoms with Gasteiger partial charge in [-0.05, 0) is 32.0 Å². The molecule has 4 heteroatoms. The maximum atomic E-state index is 12.6. The van der Waals surface area contributed by atoms with Gasteiger partial charge in [0.1, 0.15) is 0 Å². The summed E-state index contributed by atoms with van der Waals surface area (Å²) in [5, 5.41) is 4.38. The van der Waals surface area contributed by atoms with Crippen molar-refractivity contribution in [1.29, 1.82) is 0 Å². The van der Waals surface area contributed by atoms with E-state index in [1.807, 2.05) is 80.2 Å². The summed E-state index contributed by atoms with van der Waals surface area (Å²) in [7, 11) is 1.99. The summed E-state index contributed by atoms with van der Waals surface area (Å²) in [6.45, 7) is 4.22. The summed E-state index contributed by atoms with van der Waals surface area (Å²) in [5.74, 6) is -0.269. The second-order valence-electron chi connectivity index (χ2n) is 5.91. The van der Waals surface area contributed by atoms with Crippen molar-refractivity contribution in [3.05, 3.63) is 65.9 Å². The summed E-state index contributed by atoms with van der Waals surface area (Å²) >= 11 is 0. The normalized spacial score (nSPS) is 12.1. The molecule has 0 fully saturated rings. The van der Waals surface area contributed by atoms with Crippen molar-refractivity contribution in [2.75, 3.05) is 11.9 Å². The highest BCUT2D eigenvalue weighted by atomic mass is 16.5. The summed E-state index contributed by atoms with van der Waals surface area (Å²) in [6, 6.07) is 15.5. The van der Waals surface area contributed by atoms with E-state index in [9.17, 15) is 4.79 Å². The monoisotopic (exact) mass is 322 g/mol. The Hall–Kier alpha value is -2.75. The lowest BCUT2D eigenvalue weighted by molar-refractivity contribution is -0.144. The van der Waals surface area contributed by atoms with E-state index in [1.54, 1.807) is 0 Å². The van der Waals surface area contributed by atoms with Gasteiger partial charge >= 0.3 is 5.97 Å². The van der Waals surface area contributed by atoms with E-state index in [-0.39, 0.29) is 5.97 Å². The van der Waals surface area contributed by atoms with E-state index in [2.05, 4.69) is 5.32 Å². The fourth-order valence-electron chi connectivity index (χ4n) is 2.91. The third-order valence-electron chi connectivity index (χ3n) is 4.12. The van der Waals surface area contributed by atoms with E-state index >= 15 is 0 Å². The number of carbonyl (C=O) groups excluding carboxylic acids is 1. The van der Waals surface area contributed by atoms with Crippen molar-refractivity contribution in [2.45, 2.75) is 19.9 Å². The van der Waals surface area contributed by atoms with Gasteiger partial charge in [0.15, 0.2) is 6.04 Å². The summed E-state index contributed by atoms with van der Waals surface area (Å²) in [5.41, 5.74) is 4.09. The Morgan fingerprint density at radius 3 is 2.58 bits per heavy atom. The first-order valence-corrected chi connectivity index (χ1v) is 8.14. The number of aromatic nitrogens is 1. The van der Waals surface area contributed by atoms with Gasteiger partial charge in [-0.2, -0.15) is 0 Å². The molecule has 0 saturated heterocycles. The Morgan fingerprint density at radius 1 is 1.17 bits per heavy atom. The van der Waals surface area contributed by atoms with Gasteiger partial charge in [-0.25, -0.2) is 4.79 Å². The number of rotatable bonds is 5. The number of ether oxygens (including phenoxy) is 1. The molecule has 4 nitrogen and oxygen atoms in total. The minimum absolute atomic E-state index is 0.269. The third-order valence-corrected chi connectivity index (χ3v) is 4.12. The Balaban J connectivity index is 2.03. The van der Waals surface area contributed by atoms with Crippen LogP contribution in [-0.4, -0.2) is 17.1 Å². The van der Waals surface area contributed by atoms with E-state index in [4.69, 9.17) is 4.74 Å². The number of carbonyl (C=O) groups is 1. The van der Waals surface area contributed by atoms with Gasteiger partial charge in [-0.1, -0.05) is 35.9 Å². The van der Waals surface area contributed by atoms with Crippen molar-refractivity contribution in [3.63, 3.8) is 0 Å². The van der Waals surface area contributed by atoms with E-state index in [0.29, 0.717) is 6.61 Å². The van der Waals surface area contributed by atoms with Crippen molar-refractivity contribution in [1.82, 2.24) is 4.57 Å². The highest BCUT2D eigenvalue weighted by Gasteiger charge is 2.25. The Morgan fingerprint density at radius 2 is 1.88 bits per heavy atom. The molecular weight excluding hydrogens is 300 g/mol. The highest BCUT2D eigenvalue weighted by molar-refractivity contribution is 5.91. The van der Waals surface area contributed by atoms with E-state index in [0.717, 1.165) is 22.2 Å². The van der Waals surface area contributed by atoms with E-state index in [1.165, 1.54) is 5.56 Å². The topological polar surface area (TPSA) is 43.3 Å². The average molecular weight is 322 g/mol. The molecule has 0 saturated carbocycles. The van der Waals surface area contributed by atoms with Crippen LogP contribution in [-0.2, 0) is 16.6 Å². The molecule has 0 amide bonds. The number of hydrogen-bond acceptors (Lipinski definition) is 3. The fraction of sp³-hybridized carbons (Fsp3) is 0.250. The van der Waals surface area contributed by atoms with Gasteiger partial charge in [0.05, 0.1) is 6.61 Å². The first-order chi connectivity index (χ1) is 11.6. The second kappa shape index (κ2) is 6.79. The van der Waals surface area contributed by atoms with Crippen LogP contribution >= 0.6 is 0 Å². The molecule has 24 heavy (non-hydrogen) atoms. The first kappa shape index (κ1) is 16.1. The second-order valence-corrected chi connectivity index (χ2v) is 5.91. The molecule has 1 atom stereocenters. The molecule has 1 heterocycles. The minimum atomic E-state index is -0.543. The predicted octanol–water partition coefficient (Wildman–Crippen LogP) is 4.20. The van der Waals surface area contributed by atoms with Crippen LogP contribution in [0.1, 0.15) is 24.1 Å². The molecule has 0 aliphatic rings. The lowest BCUT2D eigenvalue weighted by Gasteiger charge is -2.18. The molecule has 1 unspecified atom stereocenters. The fourth-order valence-corrected chi connectivity index (χ4v) is 2.91. The van der Waals surface area contributed by atoms with Gasteiger partial charge in [-0.3, -0.25) is 0 Å². The highest BCUT2D eigenvalue weighted by Crippen LogP contribution is 2.29. The first-order valence-electron chi connectivity index (χ1n) is 8.14. The predicted molar refractivity (Wildman–Crippen MR) is 97.1 cm³/mol. The average Bonchev–Trinajstić information content (AvgIpc) is 2.92. The number of hydrogen-bond donors (Lipinski definition) is 1. The molecule has 2 aromatic carbocycles. The molecule has 1 N–H and O–H groups in total. The number of anilines is 1. The number of para-hydroxylation sites is 1. The summed E-state index contributed by atoms with van der Waals surface area (Å²) in [6.07, 6.45) is 1.99. The van der Waals surface area contributed by atoms with Crippen LogP contribution in [0.2, 0.25) is 0 Å². The van der Waals surface area contributed by atoms with Crippen LogP contribution in [0.5, 0.6) is 0 Å². The van der Waals surface area contributed by atoms with Crippen molar-refractivity contribution in [2.24, 2.45) is 7.05 Å². The Labute approximate surface area is 142 Å². The van der Waals surface area contributed by atoms with Crippen molar-refractivity contribution in [3.8, 4) is 0 Å². The Kier molecular flexibility index (Phi) is 4.56. The van der Waals surface area contributed by atoms with Gasteiger partial charge in [0.25, 0.3) is 0 Å². The zero-order valence-electron chi connectivity index (χ0n) is 14.2. The molecule has 124 valence electrons. The van der Waals surface area contributed by atoms with Crippen LogP contribution in [0.4, 0.5) is 5.69 Å². The van der Waals surface area contributed by atoms with Crippen molar-refractivity contribution < 1.29 is 9.53 Å². The quantitative estimate of drug-likeness (QED) is 0.716. The molecule has 1 aromatic heterocycles. The largest absolute Gasteiger partial charge is 0.464 e. The molecule has 0 aliphatic carbocycles. The molecule has 0 bridgehead atoms.